The van der Waals surface area contributed by atoms with Crippen molar-refractivity contribution in [3.05, 3.63) is 47.5 Å². The lowest BCUT2D eigenvalue weighted by Crippen LogP contribution is -1.87. The summed E-state index contributed by atoms with van der Waals surface area (Å²) in [6, 6.07) is 12.4. The van der Waals surface area contributed by atoms with Gasteiger partial charge >= 0.3 is 0 Å². The van der Waals surface area contributed by atoms with Gasteiger partial charge in [0.05, 0.1) is 7.11 Å². The van der Waals surface area contributed by atoms with Gasteiger partial charge in [-0.3, -0.25) is 0 Å². The van der Waals surface area contributed by atoms with Crippen molar-refractivity contribution in [1.82, 2.24) is 0 Å². The van der Waals surface area contributed by atoms with Gasteiger partial charge in [-0.15, -0.1) is 0 Å². The van der Waals surface area contributed by atoms with E-state index < -0.39 is 0 Å². The molecule has 16 heavy (non-hydrogen) atoms. The summed E-state index contributed by atoms with van der Waals surface area (Å²) in [5.74, 6) is 0.953. The highest BCUT2D eigenvalue weighted by Gasteiger charge is 2.06. The van der Waals surface area contributed by atoms with Crippen LogP contribution in [0.2, 0.25) is 5.02 Å². The molecule has 0 atom stereocenters. The van der Waals surface area contributed by atoms with Gasteiger partial charge in [-0.25, -0.2) is 0 Å². The van der Waals surface area contributed by atoms with Gasteiger partial charge in [0.15, 0.2) is 0 Å². The summed E-state index contributed by atoms with van der Waals surface area (Å²) in [6.45, 7) is 0. The van der Waals surface area contributed by atoms with E-state index in [4.69, 9.17) is 16.3 Å². The van der Waals surface area contributed by atoms with E-state index >= 15 is 0 Å². The maximum absolute atomic E-state index is 9.43. The van der Waals surface area contributed by atoms with E-state index in [-0.39, 0.29) is 5.75 Å². The van der Waals surface area contributed by atoms with Crippen LogP contribution in [-0.4, -0.2) is 12.2 Å². The molecular formula is C13H11ClO2. The van der Waals surface area contributed by atoms with Crippen LogP contribution in [0.4, 0.5) is 0 Å². The Kier molecular flexibility index (Phi) is 3.02. The predicted molar refractivity (Wildman–Crippen MR) is 65.1 cm³/mol. The normalized spacial score (nSPS) is 10.1. The molecule has 0 fully saturated rings. The zero-order valence-corrected chi connectivity index (χ0v) is 9.53. The lowest BCUT2D eigenvalue weighted by Gasteiger charge is -2.09. The van der Waals surface area contributed by atoms with Gasteiger partial charge in [0, 0.05) is 10.6 Å². The zero-order valence-electron chi connectivity index (χ0n) is 8.77. The molecule has 82 valence electrons. The first-order valence-electron chi connectivity index (χ1n) is 4.83. The van der Waals surface area contributed by atoms with Crippen molar-refractivity contribution < 1.29 is 9.84 Å². The molecule has 0 aliphatic rings. The number of benzene rings is 2. The van der Waals surface area contributed by atoms with Crippen molar-refractivity contribution in [1.29, 1.82) is 0 Å². The summed E-state index contributed by atoms with van der Waals surface area (Å²) in [5.41, 5.74) is 1.74. The number of halogens is 1. The minimum absolute atomic E-state index is 0.222. The standard InChI is InChI=1S/C13H11ClO2/c1-16-13-6-5-10(14)8-12(13)9-3-2-4-11(15)7-9/h2-8,15H,1H3. The fourth-order valence-electron chi connectivity index (χ4n) is 1.58. The molecule has 0 aliphatic carbocycles. The Hall–Kier alpha value is -1.67. The van der Waals surface area contributed by atoms with Crippen LogP contribution in [0.3, 0.4) is 0 Å². The van der Waals surface area contributed by atoms with E-state index in [1.807, 2.05) is 18.2 Å². The molecule has 2 aromatic rings. The molecule has 0 saturated heterocycles. The van der Waals surface area contributed by atoms with Crippen LogP contribution in [0.15, 0.2) is 42.5 Å². The third-order valence-electron chi connectivity index (χ3n) is 2.32. The first-order valence-corrected chi connectivity index (χ1v) is 5.21. The number of ether oxygens (including phenoxy) is 1. The fraction of sp³-hybridized carbons (Fsp3) is 0.0769. The maximum atomic E-state index is 9.43. The first kappa shape index (κ1) is 10.8. The van der Waals surface area contributed by atoms with Gasteiger partial charge < -0.3 is 9.84 Å². The van der Waals surface area contributed by atoms with Gasteiger partial charge in [0.2, 0.25) is 0 Å². The second-order valence-electron chi connectivity index (χ2n) is 3.39. The van der Waals surface area contributed by atoms with Crippen molar-refractivity contribution >= 4 is 11.6 Å². The second kappa shape index (κ2) is 4.45. The largest absolute Gasteiger partial charge is 0.508 e. The molecule has 0 amide bonds. The van der Waals surface area contributed by atoms with Gasteiger partial charge in [-0.1, -0.05) is 23.7 Å². The molecule has 0 radical (unpaired) electrons. The SMILES string of the molecule is COc1ccc(Cl)cc1-c1cccc(O)c1. The topological polar surface area (TPSA) is 29.5 Å². The molecule has 2 nitrogen and oxygen atoms in total. The minimum atomic E-state index is 0.222. The fourth-order valence-corrected chi connectivity index (χ4v) is 1.75. The third-order valence-corrected chi connectivity index (χ3v) is 2.55. The van der Waals surface area contributed by atoms with Crippen molar-refractivity contribution in [3.63, 3.8) is 0 Å². The van der Waals surface area contributed by atoms with Crippen LogP contribution >= 0.6 is 11.6 Å². The summed E-state index contributed by atoms with van der Waals surface area (Å²) in [4.78, 5) is 0. The Morgan fingerprint density at radius 1 is 1.12 bits per heavy atom. The van der Waals surface area contributed by atoms with E-state index in [1.165, 1.54) is 0 Å². The summed E-state index contributed by atoms with van der Waals surface area (Å²) >= 11 is 5.95. The van der Waals surface area contributed by atoms with Crippen LogP contribution < -0.4 is 4.74 Å². The van der Waals surface area contributed by atoms with E-state index in [0.717, 1.165) is 16.9 Å². The van der Waals surface area contributed by atoms with Gasteiger partial charge in [-0.05, 0) is 35.9 Å². The summed E-state index contributed by atoms with van der Waals surface area (Å²) in [6.07, 6.45) is 0. The monoisotopic (exact) mass is 234 g/mol. The van der Waals surface area contributed by atoms with Gasteiger partial charge in [0.25, 0.3) is 0 Å². The van der Waals surface area contributed by atoms with E-state index in [1.54, 1.807) is 31.4 Å². The van der Waals surface area contributed by atoms with Crippen LogP contribution in [0.1, 0.15) is 0 Å². The number of phenols is 1. The number of hydrogen-bond acceptors (Lipinski definition) is 2. The van der Waals surface area contributed by atoms with Crippen molar-refractivity contribution in [2.24, 2.45) is 0 Å². The third kappa shape index (κ3) is 2.12. The first-order chi connectivity index (χ1) is 7.70. The number of phenolic OH excluding ortho intramolecular Hbond substituents is 1. The smallest absolute Gasteiger partial charge is 0.126 e. The van der Waals surface area contributed by atoms with Crippen LogP contribution in [0.25, 0.3) is 11.1 Å². The van der Waals surface area contributed by atoms with Crippen LogP contribution in [0.5, 0.6) is 11.5 Å². The predicted octanol–water partition coefficient (Wildman–Crippen LogP) is 3.72. The number of hydrogen-bond donors (Lipinski definition) is 1. The highest BCUT2D eigenvalue weighted by atomic mass is 35.5. The molecule has 0 aliphatic heterocycles. The summed E-state index contributed by atoms with van der Waals surface area (Å²) in [5, 5.41) is 10.1. The second-order valence-corrected chi connectivity index (χ2v) is 3.83. The number of aromatic hydroxyl groups is 1. The highest BCUT2D eigenvalue weighted by Crippen LogP contribution is 2.33. The van der Waals surface area contributed by atoms with Crippen molar-refractivity contribution in [2.75, 3.05) is 7.11 Å². The molecule has 2 aromatic carbocycles. The van der Waals surface area contributed by atoms with Gasteiger partial charge in [-0.2, -0.15) is 0 Å². The van der Waals surface area contributed by atoms with Crippen molar-refractivity contribution in [3.8, 4) is 22.6 Å². The summed E-state index contributed by atoms with van der Waals surface area (Å²) < 4.78 is 5.25. The lowest BCUT2D eigenvalue weighted by molar-refractivity contribution is 0.416. The van der Waals surface area contributed by atoms with Crippen molar-refractivity contribution in [2.45, 2.75) is 0 Å². The lowest BCUT2D eigenvalue weighted by atomic mass is 10.0. The molecular weight excluding hydrogens is 224 g/mol. The van der Waals surface area contributed by atoms with Crippen LogP contribution in [0, 0.1) is 0 Å². The quantitative estimate of drug-likeness (QED) is 0.858. The van der Waals surface area contributed by atoms with Crippen LogP contribution in [-0.2, 0) is 0 Å². The van der Waals surface area contributed by atoms with Gasteiger partial charge in [0.1, 0.15) is 11.5 Å². The zero-order chi connectivity index (χ0) is 11.5. The molecule has 0 unspecified atom stereocenters. The molecule has 0 spiro atoms. The molecule has 3 heteroatoms. The Morgan fingerprint density at radius 2 is 1.94 bits per heavy atom. The van der Waals surface area contributed by atoms with E-state index in [2.05, 4.69) is 0 Å². The maximum Gasteiger partial charge on any atom is 0.126 e. The average Bonchev–Trinajstić information content (AvgIpc) is 2.29. The molecule has 2 rings (SSSR count). The van der Waals surface area contributed by atoms with E-state index in [9.17, 15) is 5.11 Å². The Bertz CT molecular complexity index is 509. The minimum Gasteiger partial charge on any atom is -0.508 e. The number of rotatable bonds is 2. The average molecular weight is 235 g/mol. The molecule has 0 saturated carbocycles. The summed E-state index contributed by atoms with van der Waals surface area (Å²) in [7, 11) is 1.61. The molecule has 1 N–H and O–H groups in total. The molecule has 0 bridgehead atoms. The van der Waals surface area contributed by atoms with E-state index in [0.29, 0.717) is 5.02 Å². The Labute approximate surface area is 99.1 Å². The molecule has 0 heterocycles. The Morgan fingerprint density at radius 3 is 2.62 bits per heavy atom. The number of methoxy groups -OCH3 is 1. The Balaban J connectivity index is 2.58. The molecule has 0 aromatic heterocycles. The highest BCUT2D eigenvalue weighted by molar-refractivity contribution is 6.31.